The Kier molecular flexibility index (Phi) is 6.94. The molecule has 5 heteroatoms. The number of hydrogen-bond donors (Lipinski definition) is 1. The summed E-state index contributed by atoms with van der Waals surface area (Å²) in [6.45, 7) is 6.54. The summed E-state index contributed by atoms with van der Waals surface area (Å²) in [6.07, 6.45) is 6.79. The third-order valence-electron chi connectivity index (χ3n) is 3.37. The van der Waals surface area contributed by atoms with E-state index >= 15 is 0 Å². The highest BCUT2D eigenvalue weighted by atomic mass is 32.2. The lowest BCUT2D eigenvalue weighted by molar-refractivity contribution is -0.151. The largest absolute Gasteiger partial charge is 0.342 e. The summed E-state index contributed by atoms with van der Waals surface area (Å²) in [5, 5.41) is 2.86. The minimum atomic E-state index is -0.361. The average Bonchev–Trinajstić information content (AvgIpc) is 2.39. The normalized spacial score (nSPS) is 22.9. The number of amides is 2. The van der Waals surface area contributed by atoms with Crippen molar-refractivity contribution in [3.8, 4) is 12.3 Å². The van der Waals surface area contributed by atoms with Gasteiger partial charge in [-0.15, -0.1) is 18.2 Å². The minimum absolute atomic E-state index is 0.0278. The fraction of sp³-hybridized carbons (Fsp3) is 0.733. The number of thioether (sulfide) groups is 1. The molecule has 1 N–H and O–H groups in total. The molecule has 2 atom stereocenters. The topological polar surface area (TPSA) is 49.4 Å². The molecule has 1 heterocycles. The Balaban J connectivity index is 2.76. The second-order valence-corrected chi connectivity index (χ2v) is 6.43. The molecule has 0 spiro atoms. The average molecular weight is 296 g/mol. The molecule has 0 aromatic carbocycles. The standard InChI is InChI=1S/C15H24N2O2S/c1-5-7-12-15(19)17(8-10-20-9-6-2)13(11(3)4)14(18)16-12/h2,11-13H,5,7-10H2,1,3-4H3,(H,16,18). The number of carbonyl (C=O) groups excluding carboxylic acids is 2. The van der Waals surface area contributed by atoms with Crippen LogP contribution in [0.15, 0.2) is 0 Å². The highest BCUT2D eigenvalue weighted by molar-refractivity contribution is 7.99. The highest BCUT2D eigenvalue weighted by Gasteiger charge is 2.41. The first kappa shape index (κ1) is 16.9. The molecule has 1 saturated heterocycles. The molecule has 0 radical (unpaired) electrons. The Morgan fingerprint density at radius 1 is 1.45 bits per heavy atom. The Hall–Kier alpha value is -1.15. The van der Waals surface area contributed by atoms with E-state index in [1.807, 2.05) is 20.8 Å². The number of rotatable bonds is 7. The van der Waals surface area contributed by atoms with E-state index in [9.17, 15) is 9.59 Å². The maximum Gasteiger partial charge on any atom is 0.245 e. The molecule has 0 bridgehead atoms. The SMILES string of the molecule is C#CCSCCN1C(=O)C(CCC)NC(=O)C1C(C)C. The van der Waals surface area contributed by atoms with E-state index in [0.29, 0.717) is 18.7 Å². The van der Waals surface area contributed by atoms with Gasteiger partial charge < -0.3 is 10.2 Å². The van der Waals surface area contributed by atoms with Crippen LogP contribution in [0.2, 0.25) is 0 Å². The van der Waals surface area contributed by atoms with E-state index in [2.05, 4.69) is 11.2 Å². The molecular weight excluding hydrogens is 272 g/mol. The number of piperazine rings is 1. The molecular formula is C15H24N2O2S. The van der Waals surface area contributed by atoms with Gasteiger partial charge in [-0.2, -0.15) is 0 Å². The van der Waals surface area contributed by atoms with Crippen molar-refractivity contribution in [2.45, 2.75) is 45.7 Å². The van der Waals surface area contributed by atoms with Gasteiger partial charge in [0.15, 0.2) is 0 Å². The number of nitrogens with zero attached hydrogens (tertiary/aromatic N) is 1. The first-order valence-electron chi connectivity index (χ1n) is 7.15. The Morgan fingerprint density at radius 2 is 2.15 bits per heavy atom. The lowest BCUT2D eigenvalue weighted by Crippen LogP contribution is -2.65. The molecule has 112 valence electrons. The lowest BCUT2D eigenvalue weighted by Gasteiger charge is -2.40. The second-order valence-electron chi connectivity index (χ2n) is 5.33. The number of carbonyl (C=O) groups is 2. The Labute approximate surface area is 126 Å². The van der Waals surface area contributed by atoms with Crippen LogP contribution < -0.4 is 5.32 Å². The minimum Gasteiger partial charge on any atom is -0.342 e. The van der Waals surface area contributed by atoms with Crippen LogP contribution in [0.5, 0.6) is 0 Å². The summed E-state index contributed by atoms with van der Waals surface area (Å²) in [5.74, 6) is 4.11. The van der Waals surface area contributed by atoms with E-state index in [4.69, 9.17) is 6.42 Å². The van der Waals surface area contributed by atoms with Gasteiger partial charge in [0.05, 0.1) is 5.75 Å². The van der Waals surface area contributed by atoms with Crippen molar-refractivity contribution in [1.29, 1.82) is 0 Å². The molecule has 0 aromatic rings. The van der Waals surface area contributed by atoms with Crippen LogP contribution in [0.4, 0.5) is 0 Å². The van der Waals surface area contributed by atoms with Crippen molar-refractivity contribution in [3.63, 3.8) is 0 Å². The molecule has 1 fully saturated rings. The maximum atomic E-state index is 12.5. The van der Waals surface area contributed by atoms with Gasteiger partial charge in [-0.1, -0.05) is 33.1 Å². The van der Waals surface area contributed by atoms with Gasteiger partial charge in [0, 0.05) is 12.3 Å². The Morgan fingerprint density at radius 3 is 2.70 bits per heavy atom. The van der Waals surface area contributed by atoms with Gasteiger partial charge in [-0.05, 0) is 12.3 Å². The van der Waals surface area contributed by atoms with Crippen LogP contribution in [-0.2, 0) is 9.59 Å². The molecule has 1 rings (SSSR count). The molecule has 20 heavy (non-hydrogen) atoms. The summed E-state index contributed by atoms with van der Waals surface area (Å²) >= 11 is 1.62. The summed E-state index contributed by atoms with van der Waals surface area (Å²) in [7, 11) is 0. The van der Waals surface area contributed by atoms with Gasteiger partial charge in [0.25, 0.3) is 0 Å². The number of nitrogens with one attached hydrogen (secondary N) is 1. The van der Waals surface area contributed by atoms with Crippen molar-refractivity contribution in [1.82, 2.24) is 10.2 Å². The molecule has 4 nitrogen and oxygen atoms in total. The second kappa shape index (κ2) is 8.21. The van der Waals surface area contributed by atoms with Crippen molar-refractivity contribution < 1.29 is 9.59 Å². The van der Waals surface area contributed by atoms with Gasteiger partial charge in [0.1, 0.15) is 12.1 Å². The van der Waals surface area contributed by atoms with Crippen molar-refractivity contribution in [2.75, 3.05) is 18.1 Å². The molecule has 2 amide bonds. The first-order chi connectivity index (χ1) is 9.52. The smallest absolute Gasteiger partial charge is 0.245 e. The van der Waals surface area contributed by atoms with Gasteiger partial charge in [0.2, 0.25) is 11.8 Å². The maximum absolute atomic E-state index is 12.5. The molecule has 0 aromatic heterocycles. The predicted octanol–water partition coefficient (Wildman–Crippen LogP) is 1.50. The van der Waals surface area contributed by atoms with Gasteiger partial charge in [-0.3, -0.25) is 9.59 Å². The molecule has 1 aliphatic rings. The van der Waals surface area contributed by atoms with Crippen LogP contribution >= 0.6 is 11.8 Å². The van der Waals surface area contributed by atoms with Crippen molar-refractivity contribution in [3.05, 3.63) is 0 Å². The zero-order chi connectivity index (χ0) is 15.1. The fourth-order valence-corrected chi connectivity index (χ4v) is 3.08. The molecule has 0 aliphatic carbocycles. The van der Waals surface area contributed by atoms with Crippen LogP contribution in [0, 0.1) is 18.3 Å². The van der Waals surface area contributed by atoms with Crippen LogP contribution in [-0.4, -0.2) is 46.8 Å². The quantitative estimate of drug-likeness (QED) is 0.572. The molecule has 0 saturated carbocycles. The summed E-state index contributed by atoms with van der Waals surface area (Å²) in [4.78, 5) is 26.5. The molecule has 1 aliphatic heterocycles. The fourth-order valence-electron chi connectivity index (χ4n) is 2.49. The summed E-state index contributed by atoms with van der Waals surface area (Å²) in [6, 6.07) is -0.720. The first-order valence-corrected chi connectivity index (χ1v) is 8.30. The third-order valence-corrected chi connectivity index (χ3v) is 4.21. The third kappa shape index (κ3) is 4.17. The zero-order valence-corrected chi connectivity index (χ0v) is 13.3. The number of terminal acetylenes is 1. The lowest BCUT2D eigenvalue weighted by atomic mass is 9.96. The van der Waals surface area contributed by atoms with E-state index < -0.39 is 0 Å². The van der Waals surface area contributed by atoms with E-state index in [1.54, 1.807) is 16.7 Å². The van der Waals surface area contributed by atoms with Gasteiger partial charge >= 0.3 is 0 Å². The van der Waals surface area contributed by atoms with E-state index in [-0.39, 0.29) is 29.8 Å². The van der Waals surface area contributed by atoms with E-state index in [0.717, 1.165) is 12.2 Å². The molecule has 2 unspecified atom stereocenters. The van der Waals surface area contributed by atoms with E-state index in [1.165, 1.54) is 0 Å². The number of hydrogen-bond acceptors (Lipinski definition) is 3. The predicted molar refractivity (Wildman–Crippen MR) is 83.3 cm³/mol. The monoisotopic (exact) mass is 296 g/mol. The highest BCUT2D eigenvalue weighted by Crippen LogP contribution is 2.20. The summed E-state index contributed by atoms with van der Waals surface area (Å²) < 4.78 is 0. The van der Waals surface area contributed by atoms with Crippen molar-refractivity contribution in [2.24, 2.45) is 5.92 Å². The van der Waals surface area contributed by atoms with Crippen LogP contribution in [0.1, 0.15) is 33.6 Å². The Bertz CT molecular complexity index is 390. The van der Waals surface area contributed by atoms with Crippen molar-refractivity contribution >= 4 is 23.6 Å². The zero-order valence-electron chi connectivity index (χ0n) is 12.5. The summed E-state index contributed by atoms with van der Waals surface area (Å²) in [5.41, 5.74) is 0. The van der Waals surface area contributed by atoms with Crippen LogP contribution in [0.3, 0.4) is 0 Å². The van der Waals surface area contributed by atoms with Gasteiger partial charge in [-0.25, -0.2) is 0 Å². The van der Waals surface area contributed by atoms with Crippen LogP contribution in [0.25, 0.3) is 0 Å².